The van der Waals surface area contributed by atoms with Crippen molar-refractivity contribution in [3.8, 4) is 0 Å². The highest BCUT2D eigenvalue weighted by Crippen LogP contribution is 1.97. The Labute approximate surface area is 65.7 Å². The van der Waals surface area contributed by atoms with Gasteiger partial charge in [0, 0.05) is 18.6 Å². The van der Waals surface area contributed by atoms with Crippen molar-refractivity contribution in [2.45, 2.75) is 13.5 Å². The number of oxime groups is 1. The third-order valence-electron chi connectivity index (χ3n) is 1.16. The van der Waals surface area contributed by atoms with E-state index in [9.17, 15) is 0 Å². The summed E-state index contributed by atoms with van der Waals surface area (Å²) in [5.41, 5.74) is 1.07. The molecule has 0 amide bonds. The Kier molecular flexibility index (Phi) is 3.12. The molecule has 0 aliphatic heterocycles. The third-order valence-corrected chi connectivity index (χ3v) is 1.16. The van der Waals surface area contributed by atoms with Crippen molar-refractivity contribution >= 4 is 6.21 Å². The van der Waals surface area contributed by atoms with Gasteiger partial charge in [-0.3, -0.25) is 4.98 Å². The van der Waals surface area contributed by atoms with Crippen LogP contribution in [0, 0.1) is 0 Å². The molecule has 0 atom stereocenters. The predicted molar refractivity (Wildman–Crippen MR) is 43.2 cm³/mol. The van der Waals surface area contributed by atoms with Crippen LogP contribution in [0.2, 0.25) is 0 Å². The summed E-state index contributed by atoms with van der Waals surface area (Å²) in [7, 11) is 0. The van der Waals surface area contributed by atoms with E-state index >= 15 is 0 Å². The average Bonchev–Trinajstić information content (AvgIpc) is 2.07. The molecule has 1 aromatic heterocycles. The Morgan fingerprint density at radius 3 is 2.91 bits per heavy atom. The molecule has 0 aliphatic carbocycles. The van der Waals surface area contributed by atoms with Crippen molar-refractivity contribution in [3.63, 3.8) is 0 Å². The number of rotatable bonds is 3. The van der Waals surface area contributed by atoms with E-state index in [-0.39, 0.29) is 0 Å². The molecule has 0 saturated carbocycles. The van der Waals surface area contributed by atoms with Crippen LogP contribution < -0.4 is 0 Å². The molecule has 1 aromatic rings. The summed E-state index contributed by atoms with van der Waals surface area (Å²) in [5.74, 6) is 0. The van der Waals surface area contributed by atoms with Crippen molar-refractivity contribution in [3.05, 3.63) is 30.1 Å². The second-order valence-electron chi connectivity index (χ2n) is 1.99. The van der Waals surface area contributed by atoms with Crippen LogP contribution in [0.1, 0.15) is 12.5 Å². The molecule has 58 valence electrons. The van der Waals surface area contributed by atoms with Gasteiger partial charge in [-0.15, -0.1) is 0 Å². The lowest BCUT2D eigenvalue weighted by Gasteiger charge is -1.96. The van der Waals surface area contributed by atoms with Crippen LogP contribution in [0.15, 0.2) is 29.7 Å². The number of hydrogen-bond donors (Lipinski definition) is 0. The summed E-state index contributed by atoms with van der Waals surface area (Å²) in [4.78, 5) is 8.79. The van der Waals surface area contributed by atoms with Gasteiger partial charge in [0.15, 0.2) is 0 Å². The van der Waals surface area contributed by atoms with Crippen LogP contribution in [-0.2, 0) is 11.4 Å². The molecule has 3 nitrogen and oxygen atoms in total. The Morgan fingerprint density at radius 1 is 1.55 bits per heavy atom. The van der Waals surface area contributed by atoms with Gasteiger partial charge < -0.3 is 4.84 Å². The fourth-order valence-corrected chi connectivity index (χ4v) is 0.665. The molecule has 1 heterocycles. The summed E-state index contributed by atoms with van der Waals surface area (Å²) in [6.45, 7) is 2.32. The summed E-state index contributed by atoms with van der Waals surface area (Å²) < 4.78 is 0. The van der Waals surface area contributed by atoms with Gasteiger partial charge >= 0.3 is 0 Å². The highest BCUT2D eigenvalue weighted by Gasteiger charge is 1.88. The number of pyridine rings is 1. The zero-order valence-electron chi connectivity index (χ0n) is 6.40. The van der Waals surface area contributed by atoms with Crippen LogP contribution in [0.5, 0.6) is 0 Å². The van der Waals surface area contributed by atoms with Crippen molar-refractivity contribution in [1.29, 1.82) is 0 Å². The van der Waals surface area contributed by atoms with E-state index in [4.69, 9.17) is 4.84 Å². The van der Waals surface area contributed by atoms with Gasteiger partial charge in [0.25, 0.3) is 0 Å². The molecule has 0 saturated heterocycles. The third kappa shape index (κ3) is 2.80. The minimum absolute atomic E-state index is 0.507. The first kappa shape index (κ1) is 7.72. The van der Waals surface area contributed by atoms with Crippen molar-refractivity contribution in [1.82, 2.24) is 4.98 Å². The molecule has 0 aliphatic rings. The van der Waals surface area contributed by atoms with Gasteiger partial charge in [-0.05, 0) is 24.6 Å². The second kappa shape index (κ2) is 4.44. The predicted octanol–water partition coefficient (Wildman–Crippen LogP) is 1.60. The van der Waals surface area contributed by atoms with Gasteiger partial charge in [-0.2, -0.15) is 0 Å². The highest BCUT2D eigenvalue weighted by atomic mass is 16.6. The van der Waals surface area contributed by atoms with Crippen molar-refractivity contribution in [2.24, 2.45) is 5.16 Å². The van der Waals surface area contributed by atoms with Gasteiger partial charge in [0.1, 0.15) is 6.61 Å². The highest BCUT2D eigenvalue weighted by molar-refractivity contribution is 5.52. The summed E-state index contributed by atoms with van der Waals surface area (Å²) >= 11 is 0. The molecule has 0 bridgehead atoms. The fraction of sp³-hybridized carbons (Fsp3) is 0.250. The molecule has 0 aromatic carbocycles. The van der Waals surface area contributed by atoms with E-state index in [0.29, 0.717) is 6.61 Å². The molecule has 1 rings (SSSR count). The number of aromatic nitrogens is 1. The normalized spacial score (nSPS) is 10.3. The van der Waals surface area contributed by atoms with Crippen molar-refractivity contribution < 1.29 is 4.84 Å². The van der Waals surface area contributed by atoms with E-state index in [2.05, 4.69) is 10.1 Å². The first-order valence-corrected chi connectivity index (χ1v) is 3.42. The number of hydrogen-bond acceptors (Lipinski definition) is 3. The maximum atomic E-state index is 4.91. The smallest absolute Gasteiger partial charge is 0.142 e. The largest absolute Gasteiger partial charge is 0.391 e. The molecule has 0 spiro atoms. The van der Waals surface area contributed by atoms with Crippen LogP contribution in [-0.4, -0.2) is 11.2 Å². The standard InChI is InChI=1S/C8H10N2O/c1-2-10-11-7-8-3-5-9-6-4-8/h2-6H,7H2,1H3. The lowest BCUT2D eigenvalue weighted by molar-refractivity contribution is 0.132. The molecule has 0 unspecified atom stereocenters. The molecular weight excluding hydrogens is 140 g/mol. The second-order valence-corrected chi connectivity index (χ2v) is 1.99. The lowest BCUT2D eigenvalue weighted by atomic mass is 10.3. The average molecular weight is 150 g/mol. The van der Waals surface area contributed by atoms with E-state index in [1.54, 1.807) is 18.6 Å². The SMILES string of the molecule is CC=NOCc1ccncc1. The first-order chi connectivity index (χ1) is 5.43. The molecule has 11 heavy (non-hydrogen) atoms. The van der Waals surface area contributed by atoms with Crippen LogP contribution in [0.25, 0.3) is 0 Å². The zero-order valence-corrected chi connectivity index (χ0v) is 6.40. The van der Waals surface area contributed by atoms with Crippen LogP contribution >= 0.6 is 0 Å². The Balaban J connectivity index is 2.39. The quantitative estimate of drug-likeness (QED) is 0.484. The van der Waals surface area contributed by atoms with Crippen LogP contribution in [0.3, 0.4) is 0 Å². The maximum absolute atomic E-state index is 4.91. The van der Waals surface area contributed by atoms with Crippen LogP contribution in [0.4, 0.5) is 0 Å². The maximum Gasteiger partial charge on any atom is 0.142 e. The topological polar surface area (TPSA) is 34.5 Å². The molecular formula is C8H10N2O. The van der Waals surface area contributed by atoms with E-state index < -0.39 is 0 Å². The minimum Gasteiger partial charge on any atom is -0.391 e. The Morgan fingerprint density at radius 2 is 2.27 bits per heavy atom. The summed E-state index contributed by atoms with van der Waals surface area (Å²) in [6.07, 6.45) is 5.07. The van der Waals surface area contributed by atoms with Gasteiger partial charge in [-0.1, -0.05) is 5.16 Å². The Bertz CT molecular complexity index is 221. The van der Waals surface area contributed by atoms with Gasteiger partial charge in [0.2, 0.25) is 0 Å². The number of nitrogens with zero attached hydrogens (tertiary/aromatic N) is 2. The van der Waals surface area contributed by atoms with E-state index in [1.807, 2.05) is 19.1 Å². The van der Waals surface area contributed by atoms with E-state index in [1.165, 1.54) is 0 Å². The Hall–Kier alpha value is -1.38. The molecule has 0 radical (unpaired) electrons. The monoisotopic (exact) mass is 150 g/mol. The molecule has 3 heteroatoms. The summed E-state index contributed by atoms with van der Waals surface area (Å²) in [6, 6.07) is 3.79. The lowest BCUT2D eigenvalue weighted by Crippen LogP contribution is -1.86. The van der Waals surface area contributed by atoms with Crippen molar-refractivity contribution in [2.75, 3.05) is 0 Å². The summed E-state index contributed by atoms with van der Waals surface area (Å²) in [5, 5.41) is 3.62. The molecule has 0 N–H and O–H groups in total. The zero-order chi connectivity index (χ0) is 7.94. The molecule has 0 fully saturated rings. The minimum atomic E-state index is 0.507. The van der Waals surface area contributed by atoms with Gasteiger partial charge in [-0.25, -0.2) is 0 Å². The fourth-order valence-electron chi connectivity index (χ4n) is 0.665. The van der Waals surface area contributed by atoms with E-state index in [0.717, 1.165) is 5.56 Å². The first-order valence-electron chi connectivity index (χ1n) is 3.42. The van der Waals surface area contributed by atoms with Gasteiger partial charge in [0.05, 0.1) is 0 Å².